The summed E-state index contributed by atoms with van der Waals surface area (Å²) in [6.45, 7) is 0.322. The van der Waals surface area contributed by atoms with Crippen molar-refractivity contribution in [3.63, 3.8) is 0 Å². The number of hydrogen-bond donors (Lipinski definition) is 1. The summed E-state index contributed by atoms with van der Waals surface area (Å²) in [5.41, 5.74) is -0.226. The van der Waals surface area contributed by atoms with Crippen LogP contribution in [-0.2, 0) is 12.7 Å². The van der Waals surface area contributed by atoms with E-state index in [-0.39, 0.29) is 0 Å². The van der Waals surface area contributed by atoms with Gasteiger partial charge in [0.05, 0.1) is 5.56 Å². The molecule has 1 rings (SSSR count). The van der Waals surface area contributed by atoms with Crippen molar-refractivity contribution in [3.05, 3.63) is 34.3 Å². The molecule has 1 N–H and O–H groups in total. The highest BCUT2D eigenvalue weighted by Gasteiger charge is 2.30. The lowest BCUT2D eigenvalue weighted by Crippen LogP contribution is -2.09. The van der Waals surface area contributed by atoms with Gasteiger partial charge in [0.25, 0.3) is 0 Å². The minimum absolute atomic E-state index is 0.322. The molecule has 1 aromatic carbocycles. The SMILES string of the molecule is CNCc1cc(C(F)(F)F)ccc1Cl. The molecule has 0 fully saturated rings. The molecule has 0 saturated heterocycles. The largest absolute Gasteiger partial charge is 0.416 e. The van der Waals surface area contributed by atoms with Crippen LogP contribution in [0.3, 0.4) is 0 Å². The van der Waals surface area contributed by atoms with E-state index in [1.54, 1.807) is 7.05 Å². The molecule has 14 heavy (non-hydrogen) atoms. The van der Waals surface area contributed by atoms with Crippen molar-refractivity contribution in [1.82, 2.24) is 5.32 Å². The standard InChI is InChI=1S/C9H9ClF3N/c1-14-5-6-4-7(9(11,12)13)2-3-8(6)10/h2-4,14H,5H2,1H3. The van der Waals surface area contributed by atoms with E-state index in [0.717, 1.165) is 12.1 Å². The van der Waals surface area contributed by atoms with Crippen LogP contribution >= 0.6 is 11.6 Å². The van der Waals surface area contributed by atoms with Gasteiger partial charge in [0.1, 0.15) is 0 Å². The van der Waals surface area contributed by atoms with Gasteiger partial charge in [-0.2, -0.15) is 13.2 Å². The van der Waals surface area contributed by atoms with Gasteiger partial charge in [-0.1, -0.05) is 11.6 Å². The Bertz CT molecular complexity index is 322. The lowest BCUT2D eigenvalue weighted by molar-refractivity contribution is -0.137. The molecule has 0 aliphatic rings. The third kappa shape index (κ3) is 2.62. The maximum atomic E-state index is 12.3. The van der Waals surface area contributed by atoms with Crippen molar-refractivity contribution < 1.29 is 13.2 Å². The third-order valence-corrected chi connectivity index (χ3v) is 2.11. The topological polar surface area (TPSA) is 12.0 Å². The van der Waals surface area contributed by atoms with Gasteiger partial charge >= 0.3 is 6.18 Å². The number of benzene rings is 1. The van der Waals surface area contributed by atoms with Crippen molar-refractivity contribution in [2.45, 2.75) is 12.7 Å². The summed E-state index contributed by atoms with van der Waals surface area (Å²) in [6.07, 6.45) is -4.31. The fourth-order valence-electron chi connectivity index (χ4n) is 1.08. The Morgan fingerprint density at radius 1 is 1.36 bits per heavy atom. The lowest BCUT2D eigenvalue weighted by Gasteiger charge is -2.09. The molecular formula is C9H9ClF3N. The first-order chi connectivity index (χ1) is 6.45. The minimum Gasteiger partial charge on any atom is -0.316 e. The number of hydrogen-bond acceptors (Lipinski definition) is 1. The average molecular weight is 224 g/mol. The van der Waals surface area contributed by atoms with E-state index in [0.29, 0.717) is 17.1 Å². The molecule has 0 aliphatic carbocycles. The van der Waals surface area contributed by atoms with E-state index < -0.39 is 11.7 Å². The van der Waals surface area contributed by atoms with Crippen LogP contribution in [0.4, 0.5) is 13.2 Å². The zero-order valence-electron chi connectivity index (χ0n) is 7.45. The second-order valence-electron chi connectivity index (χ2n) is 2.83. The quantitative estimate of drug-likeness (QED) is 0.813. The Morgan fingerprint density at radius 2 is 2.00 bits per heavy atom. The molecule has 5 heteroatoms. The Labute approximate surface area is 84.9 Å². The van der Waals surface area contributed by atoms with E-state index in [1.807, 2.05) is 0 Å². The van der Waals surface area contributed by atoms with Crippen LogP contribution in [0.2, 0.25) is 5.02 Å². The first kappa shape index (κ1) is 11.3. The Kier molecular flexibility index (Phi) is 3.39. The first-order valence-corrected chi connectivity index (χ1v) is 4.33. The fourth-order valence-corrected chi connectivity index (χ4v) is 1.26. The predicted molar refractivity (Wildman–Crippen MR) is 49.2 cm³/mol. The van der Waals surface area contributed by atoms with Gasteiger partial charge in [-0.25, -0.2) is 0 Å². The maximum absolute atomic E-state index is 12.3. The molecule has 1 aromatic rings. The predicted octanol–water partition coefficient (Wildman–Crippen LogP) is 3.08. The van der Waals surface area contributed by atoms with Crippen LogP contribution in [0, 0.1) is 0 Å². The van der Waals surface area contributed by atoms with Gasteiger partial charge in [0.15, 0.2) is 0 Å². The van der Waals surface area contributed by atoms with Gasteiger partial charge in [0, 0.05) is 11.6 Å². The van der Waals surface area contributed by atoms with Gasteiger partial charge in [-0.3, -0.25) is 0 Å². The van der Waals surface area contributed by atoms with Crippen molar-refractivity contribution in [3.8, 4) is 0 Å². The van der Waals surface area contributed by atoms with Gasteiger partial charge < -0.3 is 5.32 Å². The van der Waals surface area contributed by atoms with Crippen LogP contribution < -0.4 is 5.32 Å². The molecule has 0 aliphatic heterocycles. The van der Waals surface area contributed by atoms with Crippen molar-refractivity contribution in [2.24, 2.45) is 0 Å². The zero-order chi connectivity index (χ0) is 10.8. The van der Waals surface area contributed by atoms with Gasteiger partial charge in [-0.05, 0) is 30.8 Å². The Morgan fingerprint density at radius 3 is 2.50 bits per heavy atom. The van der Waals surface area contributed by atoms with Crippen molar-refractivity contribution in [2.75, 3.05) is 7.05 Å². The number of alkyl halides is 3. The molecule has 0 saturated carbocycles. The van der Waals surface area contributed by atoms with E-state index in [1.165, 1.54) is 6.07 Å². The highest BCUT2D eigenvalue weighted by atomic mass is 35.5. The molecule has 0 amide bonds. The molecule has 78 valence electrons. The summed E-state index contributed by atoms with van der Waals surface area (Å²) < 4.78 is 36.8. The summed E-state index contributed by atoms with van der Waals surface area (Å²) in [4.78, 5) is 0. The second-order valence-corrected chi connectivity index (χ2v) is 3.24. The van der Waals surface area contributed by atoms with Crippen molar-refractivity contribution in [1.29, 1.82) is 0 Å². The van der Waals surface area contributed by atoms with E-state index in [4.69, 9.17) is 11.6 Å². The second kappa shape index (κ2) is 4.19. The van der Waals surface area contributed by atoms with Crippen LogP contribution in [0.5, 0.6) is 0 Å². The normalized spacial score (nSPS) is 11.8. The van der Waals surface area contributed by atoms with Crippen LogP contribution in [0.15, 0.2) is 18.2 Å². The first-order valence-electron chi connectivity index (χ1n) is 3.95. The van der Waals surface area contributed by atoms with Gasteiger partial charge in [-0.15, -0.1) is 0 Å². The molecule has 0 bridgehead atoms. The zero-order valence-corrected chi connectivity index (χ0v) is 8.21. The Hall–Kier alpha value is -0.740. The van der Waals surface area contributed by atoms with Crippen molar-refractivity contribution >= 4 is 11.6 Å². The highest BCUT2D eigenvalue weighted by molar-refractivity contribution is 6.31. The molecule has 0 unspecified atom stereocenters. The molecule has 0 spiro atoms. The number of halogens is 4. The average Bonchev–Trinajstić information content (AvgIpc) is 2.07. The Balaban J connectivity index is 3.06. The van der Waals surface area contributed by atoms with E-state index >= 15 is 0 Å². The minimum atomic E-state index is -4.31. The van der Waals surface area contributed by atoms with Crippen LogP contribution in [0.25, 0.3) is 0 Å². The summed E-state index contributed by atoms with van der Waals surface area (Å²) in [6, 6.07) is 3.29. The number of rotatable bonds is 2. The summed E-state index contributed by atoms with van der Waals surface area (Å²) >= 11 is 5.72. The number of nitrogens with one attached hydrogen (secondary N) is 1. The molecular weight excluding hydrogens is 215 g/mol. The smallest absolute Gasteiger partial charge is 0.316 e. The molecule has 0 radical (unpaired) electrons. The summed E-state index contributed by atoms with van der Waals surface area (Å²) in [5, 5.41) is 3.09. The summed E-state index contributed by atoms with van der Waals surface area (Å²) in [7, 11) is 1.65. The molecule has 0 atom stereocenters. The van der Waals surface area contributed by atoms with Gasteiger partial charge in [0.2, 0.25) is 0 Å². The highest BCUT2D eigenvalue weighted by Crippen LogP contribution is 2.31. The lowest BCUT2D eigenvalue weighted by atomic mass is 10.1. The van der Waals surface area contributed by atoms with E-state index in [9.17, 15) is 13.2 Å². The third-order valence-electron chi connectivity index (χ3n) is 1.74. The van der Waals surface area contributed by atoms with Crippen LogP contribution in [0.1, 0.15) is 11.1 Å². The molecule has 0 heterocycles. The van der Waals surface area contributed by atoms with Crippen LogP contribution in [-0.4, -0.2) is 7.05 Å². The van der Waals surface area contributed by atoms with E-state index in [2.05, 4.69) is 5.32 Å². The fraction of sp³-hybridized carbons (Fsp3) is 0.333. The maximum Gasteiger partial charge on any atom is 0.416 e. The molecule has 1 nitrogen and oxygen atoms in total. The monoisotopic (exact) mass is 223 g/mol. The summed E-state index contributed by atoms with van der Waals surface area (Å²) in [5.74, 6) is 0. The molecule has 0 aromatic heterocycles.